The van der Waals surface area contributed by atoms with Crippen LogP contribution in [0.5, 0.6) is 0 Å². The summed E-state index contributed by atoms with van der Waals surface area (Å²) in [5.41, 5.74) is 0.900. The van der Waals surface area contributed by atoms with Crippen molar-refractivity contribution in [2.24, 2.45) is 5.92 Å². The Kier molecular flexibility index (Phi) is 5.62. The second-order valence-electron chi connectivity index (χ2n) is 3.65. The van der Waals surface area contributed by atoms with E-state index < -0.39 is 17.6 Å². The van der Waals surface area contributed by atoms with E-state index >= 15 is 0 Å². The second-order valence-corrected chi connectivity index (χ2v) is 4.76. The van der Waals surface area contributed by atoms with Crippen LogP contribution in [0.2, 0.25) is 0 Å². The van der Waals surface area contributed by atoms with Crippen molar-refractivity contribution in [3.8, 4) is 0 Å². The highest BCUT2D eigenvalue weighted by molar-refractivity contribution is 8.06. The first kappa shape index (κ1) is 13.3. The highest BCUT2D eigenvalue weighted by Crippen LogP contribution is 2.24. The third kappa shape index (κ3) is 4.02. The molecule has 92 valence electrons. The Labute approximate surface area is 98.8 Å². The molecule has 1 heterocycles. The van der Waals surface area contributed by atoms with Gasteiger partial charge in [-0.05, 0) is 18.6 Å². The predicted octanol–water partition coefficient (Wildman–Crippen LogP) is 1.88. The van der Waals surface area contributed by atoms with E-state index in [0.717, 1.165) is 12.1 Å². The monoisotopic (exact) mass is 245 g/mol. The van der Waals surface area contributed by atoms with E-state index in [-0.39, 0.29) is 11.7 Å². The Morgan fingerprint density at radius 3 is 2.69 bits per heavy atom. The lowest BCUT2D eigenvalue weighted by Crippen LogP contribution is -2.29. The zero-order valence-corrected chi connectivity index (χ0v) is 10.1. The largest absolute Gasteiger partial charge is 0.391 e. The number of aliphatic hydroxyl groups excluding tert-OH is 1. The average Bonchev–Trinajstić information content (AvgIpc) is 2.46. The van der Waals surface area contributed by atoms with Gasteiger partial charge in [-0.25, -0.2) is 11.5 Å². The van der Waals surface area contributed by atoms with E-state index in [1.54, 1.807) is 6.20 Å². The first-order chi connectivity index (χ1) is 7.65. The van der Waals surface area contributed by atoms with Crippen molar-refractivity contribution in [1.29, 1.82) is 0 Å². The van der Waals surface area contributed by atoms with Gasteiger partial charge in [-0.1, -0.05) is 19.1 Å². The third-order valence-corrected chi connectivity index (χ3v) is 3.20. The molecule has 1 aliphatic rings. The summed E-state index contributed by atoms with van der Waals surface area (Å²) in [6.45, 7) is 1.96. The molecule has 0 bridgehead atoms. The molecular weight excluding hydrogens is 226 g/mol. The van der Waals surface area contributed by atoms with Crippen LogP contribution in [-0.2, 0) is 0 Å². The second kappa shape index (κ2) is 6.75. The Morgan fingerprint density at radius 2 is 2.06 bits per heavy atom. The maximum Gasteiger partial charge on any atom is 0.0793 e. The zero-order valence-electron chi connectivity index (χ0n) is 9.24. The van der Waals surface area contributed by atoms with Gasteiger partial charge in [-0.3, -0.25) is 0 Å². The number of rotatable bonds is 5. The summed E-state index contributed by atoms with van der Waals surface area (Å²) in [4.78, 5) is 0. The lowest BCUT2D eigenvalue weighted by atomic mass is 9.96. The highest BCUT2D eigenvalue weighted by Gasteiger charge is 2.22. The molecule has 0 saturated heterocycles. The molecule has 0 aliphatic carbocycles. The fraction of sp³-hybridized carbons (Fsp3) is 0.455. The van der Waals surface area contributed by atoms with Crippen LogP contribution in [0.1, 0.15) is 13.3 Å². The van der Waals surface area contributed by atoms with E-state index in [0.29, 0.717) is 0 Å². The van der Waals surface area contributed by atoms with Crippen LogP contribution in [0.25, 0.3) is 0 Å². The lowest BCUT2D eigenvalue weighted by molar-refractivity contribution is 0.140. The van der Waals surface area contributed by atoms with Gasteiger partial charge in [0.1, 0.15) is 0 Å². The molecule has 4 N–H and O–H groups in total. The summed E-state index contributed by atoms with van der Waals surface area (Å²) in [6.07, 6.45) is 9.36. The van der Waals surface area contributed by atoms with Gasteiger partial charge in [0.25, 0.3) is 0 Å². The summed E-state index contributed by atoms with van der Waals surface area (Å²) < 4.78 is 17.8. The van der Waals surface area contributed by atoms with Crippen LogP contribution in [0.3, 0.4) is 0 Å². The minimum Gasteiger partial charge on any atom is -0.391 e. The Hall–Kier alpha value is -0.750. The molecule has 16 heavy (non-hydrogen) atoms. The van der Waals surface area contributed by atoms with Crippen LogP contribution in [0, 0.1) is 5.92 Å². The average molecular weight is 245 g/mol. The van der Waals surface area contributed by atoms with Crippen molar-refractivity contribution in [1.82, 2.24) is 5.32 Å². The van der Waals surface area contributed by atoms with Crippen LogP contribution < -0.4 is 5.32 Å². The third-order valence-electron chi connectivity index (χ3n) is 2.50. The molecule has 0 saturated carbocycles. The normalized spacial score (nSPS) is 19.5. The molecule has 4 nitrogen and oxygen atoms in total. The molecule has 0 fully saturated rings. The van der Waals surface area contributed by atoms with E-state index in [2.05, 4.69) is 5.32 Å². The van der Waals surface area contributed by atoms with Gasteiger partial charge in [0.2, 0.25) is 0 Å². The van der Waals surface area contributed by atoms with Crippen LogP contribution in [-0.4, -0.2) is 26.1 Å². The first-order valence-electron chi connectivity index (χ1n) is 5.28. The summed E-state index contributed by atoms with van der Waals surface area (Å²) in [5, 5.41) is 13.0. The molecule has 5 heteroatoms. The smallest absolute Gasteiger partial charge is 0.0793 e. The molecule has 2 atom stereocenters. The van der Waals surface area contributed by atoms with Crippen molar-refractivity contribution < 1.29 is 14.2 Å². The van der Waals surface area contributed by atoms with E-state index in [9.17, 15) is 5.11 Å². The summed E-state index contributed by atoms with van der Waals surface area (Å²) in [7, 11) is 0. The Morgan fingerprint density at radius 1 is 1.31 bits per heavy atom. The number of allylic oxidation sites excluding steroid dienone is 4. The molecule has 0 radical (unpaired) electrons. The van der Waals surface area contributed by atoms with Gasteiger partial charge >= 0.3 is 0 Å². The molecule has 2 unspecified atom stereocenters. The zero-order chi connectivity index (χ0) is 12.0. The molecule has 0 aromatic heterocycles. The predicted molar refractivity (Wildman–Crippen MR) is 68.4 cm³/mol. The Bertz CT molecular complexity index is 300. The number of aliphatic hydroxyl groups is 1. The van der Waals surface area contributed by atoms with Crippen LogP contribution in [0.4, 0.5) is 0 Å². The minimum absolute atomic E-state index is 0.0281. The first-order valence-corrected chi connectivity index (χ1v) is 6.71. The van der Waals surface area contributed by atoms with E-state index in [4.69, 9.17) is 9.11 Å². The van der Waals surface area contributed by atoms with Gasteiger partial charge in [0, 0.05) is 17.8 Å². The van der Waals surface area contributed by atoms with Gasteiger partial charge < -0.3 is 19.5 Å². The fourth-order valence-electron chi connectivity index (χ4n) is 1.70. The van der Waals surface area contributed by atoms with Crippen molar-refractivity contribution >= 4 is 11.5 Å². The van der Waals surface area contributed by atoms with Gasteiger partial charge in [0.05, 0.1) is 11.9 Å². The molecule has 0 amide bonds. The quantitative estimate of drug-likeness (QED) is 0.480. The maximum atomic E-state index is 9.89. The lowest BCUT2D eigenvalue weighted by Gasteiger charge is -2.26. The summed E-state index contributed by atoms with van der Waals surface area (Å²) in [5.74, 6) is -0.0722. The number of hydrogen-bond donors (Lipinski definition) is 5. The Balaban J connectivity index is 2.69. The SMILES string of the molecule is CCC(C1=CC=CC=CN1)C(O)C[SH](O)O. The standard InChI is InChI=1S/C11H19NO3S/c1-2-9(11(13)8-16(14)15)10-6-4-3-5-7-12-10/h3-7,9,11-16H,2,8H2,1H3. The van der Waals surface area contributed by atoms with Crippen LogP contribution in [0.15, 0.2) is 36.2 Å². The number of thiol groups is 1. The summed E-state index contributed by atoms with van der Waals surface area (Å²) >= 11 is -2.05. The van der Waals surface area contributed by atoms with Crippen molar-refractivity contribution in [2.75, 3.05) is 5.75 Å². The molecule has 0 aromatic rings. The molecule has 0 aromatic carbocycles. The maximum absolute atomic E-state index is 9.89. The molecule has 0 spiro atoms. The minimum atomic E-state index is -2.05. The van der Waals surface area contributed by atoms with Gasteiger partial charge in [-0.2, -0.15) is 0 Å². The highest BCUT2D eigenvalue weighted by atomic mass is 32.2. The number of nitrogens with one attached hydrogen (secondary N) is 1. The van der Waals surface area contributed by atoms with Crippen molar-refractivity contribution in [3.63, 3.8) is 0 Å². The molecule has 1 aliphatic heterocycles. The number of hydrogen-bond acceptors (Lipinski definition) is 4. The van der Waals surface area contributed by atoms with E-state index in [1.807, 2.05) is 31.2 Å². The van der Waals surface area contributed by atoms with Crippen molar-refractivity contribution in [2.45, 2.75) is 19.4 Å². The molecular formula is C11H19NO3S. The van der Waals surface area contributed by atoms with Gasteiger partial charge in [-0.15, -0.1) is 0 Å². The van der Waals surface area contributed by atoms with Crippen LogP contribution >= 0.6 is 11.5 Å². The fourth-order valence-corrected chi connectivity index (χ4v) is 2.28. The van der Waals surface area contributed by atoms with Crippen molar-refractivity contribution in [3.05, 3.63) is 36.2 Å². The summed E-state index contributed by atoms with van der Waals surface area (Å²) in [6, 6.07) is 0. The topological polar surface area (TPSA) is 72.7 Å². The van der Waals surface area contributed by atoms with E-state index in [1.165, 1.54) is 0 Å². The molecule has 1 rings (SSSR count). The van der Waals surface area contributed by atoms with Gasteiger partial charge in [0.15, 0.2) is 0 Å².